The number of piperidine rings is 1. The Hall–Kier alpha value is -1.83. The molecule has 0 amide bonds. The van der Waals surface area contributed by atoms with Gasteiger partial charge in [-0.05, 0) is 25.9 Å². The van der Waals surface area contributed by atoms with Crippen LogP contribution in [0.2, 0.25) is 0 Å². The zero-order valence-corrected chi connectivity index (χ0v) is 10.6. The maximum Gasteiger partial charge on any atom is 0.435 e. The smallest absolute Gasteiger partial charge is 0.365 e. The molecule has 0 aliphatic carbocycles. The Morgan fingerprint density at radius 3 is 2.75 bits per heavy atom. The second kappa shape index (κ2) is 4.93. The lowest BCUT2D eigenvalue weighted by atomic mass is 10.1. The van der Waals surface area contributed by atoms with Crippen LogP contribution in [-0.4, -0.2) is 33.7 Å². The Balaban J connectivity index is 1.92. The van der Waals surface area contributed by atoms with Gasteiger partial charge in [-0.25, -0.2) is 9.50 Å². The van der Waals surface area contributed by atoms with Crippen molar-refractivity contribution < 1.29 is 13.2 Å². The molecule has 2 aromatic heterocycles. The molecule has 2 N–H and O–H groups in total. The molecule has 0 saturated carbocycles. The lowest BCUT2D eigenvalue weighted by molar-refractivity contribution is -0.141. The summed E-state index contributed by atoms with van der Waals surface area (Å²) in [6.45, 7) is 1.79. The van der Waals surface area contributed by atoms with Crippen molar-refractivity contribution in [2.45, 2.75) is 25.1 Å². The Kier molecular flexibility index (Phi) is 3.25. The monoisotopic (exact) mass is 285 g/mol. The van der Waals surface area contributed by atoms with E-state index in [1.807, 2.05) is 0 Å². The first-order valence-electron chi connectivity index (χ1n) is 6.43. The van der Waals surface area contributed by atoms with Crippen LogP contribution in [0.5, 0.6) is 0 Å². The topological polar surface area (TPSA) is 54.2 Å². The summed E-state index contributed by atoms with van der Waals surface area (Å²) < 4.78 is 39.3. The second-order valence-electron chi connectivity index (χ2n) is 4.80. The van der Waals surface area contributed by atoms with E-state index in [1.54, 1.807) is 0 Å². The molecule has 20 heavy (non-hydrogen) atoms. The van der Waals surface area contributed by atoms with E-state index in [1.165, 1.54) is 16.9 Å². The first-order chi connectivity index (χ1) is 9.54. The van der Waals surface area contributed by atoms with Crippen LogP contribution in [0.1, 0.15) is 18.5 Å². The highest BCUT2D eigenvalue weighted by Crippen LogP contribution is 2.30. The van der Waals surface area contributed by atoms with E-state index in [9.17, 15) is 13.2 Å². The Morgan fingerprint density at radius 2 is 2.05 bits per heavy atom. The number of aromatic nitrogens is 3. The summed E-state index contributed by atoms with van der Waals surface area (Å²) in [5.74, 6) is 0.447. The molecule has 0 atom stereocenters. The fraction of sp³-hybridized carbons (Fsp3) is 0.500. The van der Waals surface area contributed by atoms with Gasteiger partial charge in [-0.1, -0.05) is 0 Å². The fourth-order valence-electron chi connectivity index (χ4n) is 2.33. The molecule has 0 spiro atoms. The molecule has 0 radical (unpaired) electrons. The van der Waals surface area contributed by atoms with E-state index in [0.29, 0.717) is 11.3 Å². The van der Waals surface area contributed by atoms with Crippen LogP contribution in [-0.2, 0) is 6.18 Å². The van der Waals surface area contributed by atoms with Gasteiger partial charge >= 0.3 is 6.18 Å². The highest BCUT2D eigenvalue weighted by molar-refractivity contribution is 5.68. The van der Waals surface area contributed by atoms with Crippen molar-refractivity contribution in [3.63, 3.8) is 0 Å². The van der Waals surface area contributed by atoms with Crippen LogP contribution in [0.15, 0.2) is 18.5 Å². The molecule has 108 valence electrons. The summed E-state index contributed by atoms with van der Waals surface area (Å²) in [4.78, 5) is 4.14. The predicted octanol–water partition coefficient (Wildman–Crippen LogP) is 1.91. The molecule has 0 aromatic carbocycles. The van der Waals surface area contributed by atoms with Gasteiger partial charge in [0.2, 0.25) is 0 Å². The van der Waals surface area contributed by atoms with Crippen molar-refractivity contribution in [2.75, 3.05) is 18.4 Å². The van der Waals surface area contributed by atoms with Gasteiger partial charge in [-0.2, -0.15) is 18.3 Å². The van der Waals surface area contributed by atoms with E-state index >= 15 is 0 Å². The van der Waals surface area contributed by atoms with Gasteiger partial charge in [0.1, 0.15) is 5.52 Å². The molecule has 1 aliphatic rings. The van der Waals surface area contributed by atoms with E-state index in [4.69, 9.17) is 0 Å². The maximum atomic E-state index is 12.7. The molecule has 5 nitrogen and oxygen atoms in total. The molecule has 0 unspecified atom stereocenters. The summed E-state index contributed by atoms with van der Waals surface area (Å²) in [7, 11) is 0. The standard InChI is InChI=1S/C12H14F3N5/c13-12(14,15)10-7-9-11(17-5-6-20(9)19-10)18-8-1-3-16-4-2-8/h5-8,16H,1-4H2,(H,17,18). The molecule has 8 heteroatoms. The largest absolute Gasteiger partial charge is 0.435 e. The highest BCUT2D eigenvalue weighted by Gasteiger charge is 2.34. The van der Waals surface area contributed by atoms with Gasteiger partial charge in [0.25, 0.3) is 0 Å². The summed E-state index contributed by atoms with van der Waals surface area (Å²) in [6, 6.07) is 1.25. The summed E-state index contributed by atoms with van der Waals surface area (Å²) >= 11 is 0. The first kappa shape index (κ1) is 13.2. The molecular formula is C12H14F3N5. The zero-order valence-electron chi connectivity index (χ0n) is 10.6. The maximum absolute atomic E-state index is 12.7. The molecule has 1 aliphatic heterocycles. The predicted molar refractivity (Wildman–Crippen MR) is 67.5 cm³/mol. The van der Waals surface area contributed by atoms with E-state index in [2.05, 4.69) is 20.7 Å². The van der Waals surface area contributed by atoms with Crippen molar-refractivity contribution in [1.29, 1.82) is 0 Å². The number of nitrogens with zero attached hydrogens (tertiary/aromatic N) is 3. The number of nitrogens with one attached hydrogen (secondary N) is 2. The molecule has 0 bridgehead atoms. The lowest BCUT2D eigenvalue weighted by Gasteiger charge is -2.24. The Bertz CT molecular complexity index is 601. The molecule has 1 saturated heterocycles. The third-order valence-corrected chi connectivity index (χ3v) is 3.36. The third kappa shape index (κ3) is 2.55. The van der Waals surface area contributed by atoms with Gasteiger partial charge < -0.3 is 10.6 Å². The van der Waals surface area contributed by atoms with Crippen LogP contribution >= 0.6 is 0 Å². The van der Waals surface area contributed by atoms with E-state index in [-0.39, 0.29) is 6.04 Å². The first-order valence-corrected chi connectivity index (χ1v) is 6.43. The van der Waals surface area contributed by atoms with Crippen LogP contribution < -0.4 is 10.6 Å². The van der Waals surface area contributed by atoms with Crippen molar-refractivity contribution in [1.82, 2.24) is 19.9 Å². The van der Waals surface area contributed by atoms with Gasteiger partial charge in [0, 0.05) is 24.5 Å². The number of hydrogen-bond donors (Lipinski definition) is 2. The Morgan fingerprint density at radius 1 is 1.30 bits per heavy atom. The third-order valence-electron chi connectivity index (χ3n) is 3.36. The van der Waals surface area contributed by atoms with Crippen molar-refractivity contribution in [3.05, 3.63) is 24.2 Å². The van der Waals surface area contributed by atoms with Gasteiger partial charge in [-0.3, -0.25) is 0 Å². The number of hydrogen-bond acceptors (Lipinski definition) is 4. The lowest BCUT2D eigenvalue weighted by Crippen LogP contribution is -2.35. The normalized spacial score (nSPS) is 17.6. The van der Waals surface area contributed by atoms with Crippen LogP contribution in [0, 0.1) is 0 Å². The number of anilines is 1. The molecule has 3 rings (SSSR count). The zero-order chi connectivity index (χ0) is 14.2. The molecular weight excluding hydrogens is 271 g/mol. The molecule has 3 heterocycles. The number of fused-ring (bicyclic) bond motifs is 1. The summed E-state index contributed by atoms with van der Waals surface area (Å²) in [5, 5.41) is 9.98. The van der Waals surface area contributed by atoms with Crippen molar-refractivity contribution in [2.24, 2.45) is 0 Å². The number of halogens is 3. The SMILES string of the molecule is FC(F)(F)c1cc2c(NC3CCNCC3)nccn2n1. The van der Waals surface area contributed by atoms with Gasteiger partial charge in [0.05, 0.1) is 0 Å². The average molecular weight is 285 g/mol. The van der Waals surface area contributed by atoms with E-state index < -0.39 is 11.9 Å². The summed E-state index contributed by atoms with van der Waals surface area (Å²) in [6.07, 6.45) is 0.256. The second-order valence-corrected chi connectivity index (χ2v) is 4.80. The quantitative estimate of drug-likeness (QED) is 0.885. The van der Waals surface area contributed by atoms with Crippen LogP contribution in [0.4, 0.5) is 19.0 Å². The minimum absolute atomic E-state index is 0.221. The van der Waals surface area contributed by atoms with Crippen LogP contribution in [0.25, 0.3) is 5.52 Å². The fourth-order valence-corrected chi connectivity index (χ4v) is 2.33. The summed E-state index contributed by atoms with van der Waals surface area (Å²) in [5.41, 5.74) is -0.558. The highest BCUT2D eigenvalue weighted by atomic mass is 19.4. The molecule has 1 fully saturated rings. The van der Waals surface area contributed by atoms with Crippen molar-refractivity contribution in [3.8, 4) is 0 Å². The van der Waals surface area contributed by atoms with Gasteiger partial charge in [-0.15, -0.1) is 0 Å². The number of alkyl halides is 3. The van der Waals surface area contributed by atoms with Gasteiger partial charge in [0.15, 0.2) is 11.5 Å². The minimum atomic E-state index is -4.45. The Labute approximate surface area is 113 Å². The number of rotatable bonds is 2. The van der Waals surface area contributed by atoms with Crippen LogP contribution in [0.3, 0.4) is 0 Å². The van der Waals surface area contributed by atoms with E-state index in [0.717, 1.165) is 32.0 Å². The van der Waals surface area contributed by atoms with Crippen molar-refractivity contribution >= 4 is 11.3 Å². The molecule has 2 aromatic rings. The average Bonchev–Trinajstić information content (AvgIpc) is 2.85. The minimum Gasteiger partial charge on any atom is -0.365 e.